The van der Waals surface area contributed by atoms with Crippen LogP contribution >= 0.6 is 15.9 Å². The summed E-state index contributed by atoms with van der Waals surface area (Å²) < 4.78 is 7.77. The summed E-state index contributed by atoms with van der Waals surface area (Å²) in [6, 6.07) is 4.53. The van der Waals surface area contributed by atoms with Crippen molar-refractivity contribution in [2.24, 2.45) is 0 Å². The van der Waals surface area contributed by atoms with Crippen LogP contribution < -0.4 is 15.0 Å². The molecule has 1 aliphatic carbocycles. The Bertz CT molecular complexity index is 846. The number of anilines is 1. The van der Waals surface area contributed by atoms with Gasteiger partial charge in [0, 0.05) is 6.20 Å². The van der Waals surface area contributed by atoms with E-state index in [1.807, 2.05) is 4.68 Å². The van der Waals surface area contributed by atoms with Gasteiger partial charge in [0.1, 0.15) is 11.8 Å². The lowest BCUT2D eigenvalue weighted by atomic mass is 9.93. The Morgan fingerprint density at radius 2 is 2.12 bits per heavy atom. The first-order valence-corrected chi connectivity index (χ1v) is 8.90. The molecule has 1 unspecified atom stereocenters. The van der Waals surface area contributed by atoms with Crippen LogP contribution in [0.4, 0.5) is 10.5 Å². The predicted molar refractivity (Wildman–Crippen MR) is 94.6 cm³/mol. The van der Waals surface area contributed by atoms with Crippen LogP contribution in [0.3, 0.4) is 0 Å². The Morgan fingerprint density at radius 1 is 1.32 bits per heavy atom. The standard InChI is InChI=1S/C17H17BrN4O3/c1-25-14-6-5-10(7-13(14)18)15-16(23)22(17(24)20-15)12-8-19-21(9-12)11-3-2-4-11/h5-9,11,15H,2-4H2,1H3,(H,20,24). The molecule has 1 N–H and O–H groups in total. The summed E-state index contributed by atoms with van der Waals surface area (Å²) >= 11 is 3.41. The molecule has 1 saturated heterocycles. The molecule has 4 rings (SSSR count). The molecule has 7 nitrogen and oxygen atoms in total. The Balaban J connectivity index is 1.59. The number of carbonyl (C=O) groups is 2. The van der Waals surface area contributed by atoms with Crippen LogP contribution in [0, 0.1) is 0 Å². The van der Waals surface area contributed by atoms with Crippen molar-refractivity contribution < 1.29 is 14.3 Å². The Morgan fingerprint density at radius 3 is 2.76 bits per heavy atom. The van der Waals surface area contributed by atoms with Gasteiger partial charge in [-0.25, -0.2) is 9.69 Å². The van der Waals surface area contributed by atoms with Crippen LogP contribution in [0.25, 0.3) is 0 Å². The van der Waals surface area contributed by atoms with E-state index in [0.717, 1.165) is 22.2 Å². The van der Waals surface area contributed by atoms with Gasteiger partial charge < -0.3 is 10.1 Å². The first-order chi connectivity index (χ1) is 12.1. The number of benzene rings is 1. The van der Waals surface area contributed by atoms with E-state index in [9.17, 15) is 9.59 Å². The highest BCUT2D eigenvalue weighted by Crippen LogP contribution is 2.34. The van der Waals surface area contributed by atoms with Crippen LogP contribution in [0.15, 0.2) is 35.1 Å². The minimum atomic E-state index is -0.721. The number of nitrogens with zero attached hydrogens (tertiary/aromatic N) is 3. The summed E-state index contributed by atoms with van der Waals surface area (Å²) in [5.74, 6) is 0.356. The number of carbonyl (C=O) groups excluding carboxylic acids is 2. The van der Waals surface area contributed by atoms with Gasteiger partial charge in [0.2, 0.25) is 0 Å². The van der Waals surface area contributed by atoms with E-state index in [0.29, 0.717) is 23.0 Å². The van der Waals surface area contributed by atoms with E-state index in [2.05, 4.69) is 26.3 Å². The average Bonchev–Trinajstić information content (AvgIpc) is 3.10. The Labute approximate surface area is 153 Å². The molecule has 1 aromatic carbocycles. The van der Waals surface area contributed by atoms with Crippen molar-refractivity contribution in [1.29, 1.82) is 0 Å². The van der Waals surface area contributed by atoms with E-state index in [4.69, 9.17) is 4.74 Å². The molecule has 1 atom stereocenters. The van der Waals surface area contributed by atoms with Crippen molar-refractivity contribution in [1.82, 2.24) is 15.1 Å². The van der Waals surface area contributed by atoms with Gasteiger partial charge in [-0.1, -0.05) is 6.07 Å². The smallest absolute Gasteiger partial charge is 0.329 e. The van der Waals surface area contributed by atoms with Crippen molar-refractivity contribution in [3.8, 4) is 5.75 Å². The van der Waals surface area contributed by atoms with Gasteiger partial charge in [-0.05, 0) is 52.9 Å². The fourth-order valence-corrected chi connectivity index (χ4v) is 3.66. The number of amides is 3. The lowest BCUT2D eigenvalue weighted by molar-refractivity contribution is -0.118. The maximum absolute atomic E-state index is 12.8. The maximum atomic E-state index is 12.8. The molecule has 0 spiro atoms. The van der Waals surface area contributed by atoms with Crippen LogP contribution in [0.1, 0.15) is 36.9 Å². The first-order valence-electron chi connectivity index (χ1n) is 8.10. The number of imide groups is 1. The first kappa shape index (κ1) is 16.1. The van der Waals surface area contributed by atoms with Gasteiger partial charge in [0.25, 0.3) is 5.91 Å². The predicted octanol–water partition coefficient (Wildman–Crippen LogP) is 3.18. The summed E-state index contributed by atoms with van der Waals surface area (Å²) in [6.07, 6.45) is 6.71. The molecular weight excluding hydrogens is 388 g/mol. The molecule has 0 bridgehead atoms. The third-order valence-corrected chi connectivity index (χ3v) is 5.36. The van der Waals surface area contributed by atoms with Gasteiger partial charge >= 0.3 is 6.03 Å². The highest BCUT2D eigenvalue weighted by molar-refractivity contribution is 9.10. The number of aromatic nitrogens is 2. The van der Waals surface area contributed by atoms with Crippen molar-refractivity contribution in [3.63, 3.8) is 0 Å². The number of methoxy groups -OCH3 is 1. The lowest BCUT2D eigenvalue weighted by Crippen LogP contribution is -2.30. The molecule has 3 amide bonds. The number of nitrogens with one attached hydrogen (secondary N) is 1. The highest BCUT2D eigenvalue weighted by Gasteiger charge is 2.41. The summed E-state index contributed by atoms with van der Waals surface area (Å²) in [7, 11) is 1.57. The third kappa shape index (κ3) is 2.70. The van der Waals surface area contributed by atoms with Crippen molar-refractivity contribution in [3.05, 3.63) is 40.6 Å². The topological polar surface area (TPSA) is 76.5 Å². The molecule has 8 heteroatoms. The van der Waals surface area contributed by atoms with Crippen LogP contribution in [-0.4, -0.2) is 28.8 Å². The van der Waals surface area contributed by atoms with Crippen LogP contribution in [-0.2, 0) is 4.79 Å². The quantitative estimate of drug-likeness (QED) is 0.793. The fourth-order valence-electron chi connectivity index (χ4n) is 3.11. The van der Waals surface area contributed by atoms with Crippen molar-refractivity contribution in [2.75, 3.05) is 12.0 Å². The molecule has 1 saturated carbocycles. The maximum Gasteiger partial charge on any atom is 0.329 e. The van der Waals surface area contributed by atoms with E-state index in [-0.39, 0.29) is 5.91 Å². The second-order valence-electron chi connectivity index (χ2n) is 6.21. The second-order valence-corrected chi connectivity index (χ2v) is 7.07. The number of ether oxygens (including phenoxy) is 1. The molecule has 130 valence electrons. The molecular formula is C17H17BrN4O3. The zero-order chi connectivity index (χ0) is 17.6. The fraction of sp³-hybridized carbons (Fsp3) is 0.353. The minimum Gasteiger partial charge on any atom is -0.496 e. The molecule has 25 heavy (non-hydrogen) atoms. The lowest BCUT2D eigenvalue weighted by Gasteiger charge is -2.25. The molecule has 2 aliphatic rings. The van der Waals surface area contributed by atoms with Gasteiger partial charge in [-0.2, -0.15) is 5.10 Å². The second kappa shape index (κ2) is 6.18. The van der Waals surface area contributed by atoms with Crippen molar-refractivity contribution in [2.45, 2.75) is 31.3 Å². The minimum absolute atomic E-state index is 0.310. The molecule has 2 aromatic rings. The molecule has 2 heterocycles. The average molecular weight is 405 g/mol. The van der Waals surface area contributed by atoms with E-state index >= 15 is 0 Å². The summed E-state index contributed by atoms with van der Waals surface area (Å²) in [5.41, 5.74) is 1.20. The Kier molecular flexibility index (Phi) is 3.99. The normalized spacial score (nSPS) is 20.6. The van der Waals surface area contributed by atoms with Gasteiger partial charge in [-0.15, -0.1) is 0 Å². The van der Waals surface area contributed by atoms with Gasteiger partial charge in [-0.3, -0.25) is 9.48 Å². The van der Waals surface area contributed by atoms with Crippen LogP contribution in [0.2, 0.25) is 0 Å². The van der Waals surface area contributed by atoms with E-state index in [1.54, 1.807) is 37.7 Å². The zero-order valence-corrected chi connectivity index (χ0v) is 15.2. The van der Waals surface area contributed by atoms with Crippen molar-refractivity contribution >= 4 is 33.6 Å². The number of hydrogen-bond acceptors (Lipinski definition) is 4. The number of halogens is 1. The molecule has 2 fully saturated rings. The Hall–Kier alpha value is -2.35. The number of rotatable bonds is 4. The summed E-state index contributed by atoms with van der Waals surface area (Å²) in [4.78, 5) is 26.3. The van der Waals surface area contributed by atoms with Gasteiger partial charge in [0.05, 0.1) is 29.5 Å². The van der Waals surface area contributed by atoms with Gasteiger partial charge in [0.15, 0.2) is 0 Å². The number of urea groups is 1. The number of hydrogen-bond donors (Lipinski definition) is 1. The van der Waals surface area contributed by atoms with E-state index in [1.165, 1.54) is 6.42 Å². The summed E-state index contributed by atoms with van der Waals surface area (Å²) in [5, 5.41) is 7.04. The summed E-state index contributed by atoms with van der Waals surface area (Å²) in [6.45, 7) is 0. The largest absolute Gasteiger partial charge is 0.496 e. The highest BCUT2D eigenvalue weighted by atomic mass is 79.9. The molecule has 1 aromatic heterocycles. The SMILES string of the molecule is COc1ccc(C2NC(=O)N(c3cnn(C4CCC4)c3)C2=O)cc1Br. The van der Waals surface area contributed by atoms with Crippen LogP contribution in [0.5, 0.6) is 5.75 Å². The molecule has 0 radical (unpaired) electrons. The van der Waals surface area contributed by atoms with E-state index < -0.39 is 12.1 Å². The third-order valence-electron chi connectivity index (χ3n) is 4.74. The monoisotopic (exact) mass is 404 g/mol. The molecule has 1 aliphatic heterocycles. The zero-order valence-electron chi connectivity index (χ0n) is 13.6.